The van der Waals surface area contributed by atoms with E-state index in [-0.39, 0.29) is 5.41 Å². The third-order valence-corrected chi connectivity index (χ3v) is 13.3. The summed E-state index contributed by atoms with van der Waals surface area (Å²) in [6.07, 6.45) is 0. The molecule has 0 N–H and O–H groups in total. The third kappa shape index (κ3) is 4.66. The van der Waals surface area contributed by atoms with Crippen LogP contribution in [-0.2, 0) is 5.41 Å². The van der Waals surface area contributed by atoms with Crippen molar-refractivity contribution in [1.82, 2.24) is 9.13 Å². The highest BCUT2D eigenvalue weighted by atomic mass is 16.3. The van der Waals surface area contributed by atoms with Crippen LogP contribution < -0.4 is 0 Å². The highest BCUT2D eigenvalue weighted by molar-refractivity contribution is 6.18. The van der Waals surface area contributed by atoms with Gasteiger partial charge in [0.15, 0.2) is 0 Å². The Hall–Kier alpha value is -7.62. The molecule has 1 aliphatic rings. The van der Waals surface area contributed by atoms with E-state index in [0.29, 0.717) is 0 Å². The molecule has 12 aromatic rings. The molecule has 0 radical (unpaired) electrons. The van der Waals surface area contributed by atoms with E-state index in [9.17, 15) is 0 Å². The molecule has 3 aromatic heterocycles. The largest absolute Gasteiger partial charge is 0.456 e. The van der Waals surface area contributed by atoms with Gasteiger partial charge in [-0.25, -0.2) is 0 Å². The number of aromatic nitrogens is 2. The Morgan fingerprint density at radius 3 is 1.50 bits per heavy atom. The number of rotatable bonds is 4. The van der Waals surface area contributed by atoms with Crippen LogP contribution in [0.5, 0.6) is 0 Å². The summed E-state index contributed by atoms with van der Waals surface area (Å²) >= 11 is 0. The van der Waals surface area contributed by atoms with Gasteiger partial charge in [-0.3, -0.25) is 0 Å². The summed E-state index contributed by atoms with van der Waals surface area (Å²) in [6, 6.07) is 71.2. The molecular formula is C57H38N2O. The van der Waals surface area contributed by atoms with Crippen LogP contribution in [0.4, 0.5) is 0 Å². The highest BCUT2D eigenvalue weighted by Crippen LogP contribution is 2.51. The van der Waals surface area contributed by atoms with Crippen molar-refractivity contribution in [2.45, 2.75) is 19.3 Å². The van der Waals surface area contributed by atoms with Crippen molar-refractivity contribution in [3.63, 3.8) is 0 Å². The van der Waals surface area contributed by atoms with Crippen LogP contribution in [-0.4, -0.2) is 9.13 Å². The quantitative estimate of drug-likeness (QED) is 0.175. The smallest absolute Gasteiger partial charge is 0.137 e. The van der Waals surface area contributed by atoms with Gasteiger partial charge in [0, 0.05) is 55.2 Å². The Kier molecular flexibility index (Phi) is 6.78. The van der Waals surface area contributed by atoms with Crippen LogP contribution in [0.3, 0.4) is 0 Å². The van der Waals surface area contributed by atoms with E-state index in [1.165, 1.54) is 88.3 Å². The monoisotopic (exact) mass is 766 g/mol. The molecule has 0 aliphatic heterocycles. The SMILES string of the molecule is CC1(C)c2ccccc2-c2cc3c4cc(-c5ccc(-c6ccc7c(c6)c6cc8c(cc6n7-c6ccccc6)oc6ccccc68)cc5)ccc4n(-c4ccccc4)c3cc21. The zero-order valence-corrected chi connectivity index (χ0v) is 33.3. The molecule has 0 fully saturated rings. The fourth-order valence-corrected chi connectivity index (χ4v) is 10.4. The molecular weight excluding hydrogens is 729 g/mol. The molecule has 3 nitrogen and oxygen atoms in total. The Balaban J connectivity index is 0.947. The number of nitrogens with zero attached hydrogens (tertiary/aromatic N) is 2. The van der Waals surface area contributed by atoms with Crippen molar-refractivity contribution in [1.29, 1.82) is 0 Å². The van der Waals surface area contributed by atoms with Crippen molar-refractivity contribution in [2.75, 3.05) is 0 Å². The predicted octanol–water partition coefficient (Wildman–Crippen LogP) is 15.4. The Morgan fingerprint density at radius 2 is 0.850 bits per heavy atom. The first-order valence-corrected chi connectivity index (χ1v) is 20.8. The fourth-order valence-electron chi connectivity index (χ4n) is 10.4. The topological polar surface area (TPSA) is 23.0 Å². The Morgan fingerprint density at radius 1 is 0.333 bits per heavy atom. The molecule has 0 bridgehead atoms. The van der Waals surface area contributed by atoms with Gasteiger partial charge in [-0.2, -0.15) is 0 Å². The summed E-state index contributed by atoms with van der Waals surface area (Å²) in [4.78, 5) is 0. The van der Waals surface area contributed by atoms with E-state index in [2.05, 4.69) is 211 Å². The number of furan rings is 1. The Labute approximate surface area is 347 Å². The summed E-state index contributed by atoms with van der Waals surface area (Å²) < 4.78 is 11.2. The molecule has 13 rings (SSSR count). The zero-order valence-electron chi connectivity index (χ0n) is 33.3. The summed E-state index contributed by atoms with van der Waals surface area (Å²) in [6.45, 7) is 4.73. The molecule has 9 aromatic carbocycles. The van der Waals surface area contributed by atoms with Gasteiger partial charge in [0.25, 0.3) is 0 Å². The van der Waals surface area contributed by atoms with Gasteiger partial charge < -0.3 is 13.6 Å². The molecule has 282 valence electrons. The second-order valence-electron chi connectivity index (χ2n) is 16.9. The first-order chi connectivity index (χ1) is 29.5. The van der Waals surface area contributed by atoms with Crippen LogP contribution in [0.15, 0.2) is 199 Å². The number of benzene rings is 9. The molecule has 1 aliphatic carbocycles. The molecule has 0 saturated carbocycles. The zero-order chi connectivity index (χ0) is 39.7. The lowest BCUT2D eigenvalue weighted by Gasteiger charge is -2.21. The van der Waals surface area contributed by atoms with Gasteiger partial charge in [0.05, 0.1) is 22.1 Å². The van der Waals surface area contributed by atoms with Crippen molar-refractivity contribution in [2.24, 2.45) is 0 Å². The van der Waals surface area contributed by atoms with Crippen molar-refractivity contribution in [3.8, 4) is 44.8 Å². The summed E-state index contributed by atoms with van der Waals surface area (Å²) in [7, 11) is 0. The van der Waals surface area contributed by atoms with E-state index in [1.807, 2.05) is 6.07 Å². The molecule has 3 heteroatoms. The molecule has 60 heavy (non-hydrogen) atoms. The average Bonchev–Trinajstić information content (AvgIpc) is 3.99. The summed E-state index contributed by atoms with van der Waals surface area (Å²) in [5.41, 5.74) is 19.1. The van der Waals surface area contributed by atoms with E-state index in [0.717, 1.165) is 33.1 Å². The van der Waals surface area contributed by atoms with Crippen molar-refractivity contribution < 1.29 is 4.42 Å². The molecule has 0 amide bonds. The van der Waals surface area contributed by atoms with E-state index >= 15 is 0 Å². The minimum atomic E-state index is -0.0737. The van der Waals surface area contributed by atoms with Crippen molar-refractivity contribution >= 4 is 65.6 Å². The average molecular weight is 767 g/mol. The number of para-hydroxylation sites is 3. The molecule has 0 saturated heterocycles. The van der Waals surface area contributed by atoms with Crippen LogP contribution in [0, 0.1) is 0 Å². The molecule has 0 spiro atoms. The molecule has 0 atom stereocenters. The lowest BCUT2D eigenvalue weighted by atomic mass is 9.82. The summed E-state index contributed by atoms with van der Waals surface area (Å²) in [5.74, 6) is 0. The minimum absolute atomic E-state index is 0.0737. The van der Waals surface area contributed by atoms with E-state index in [4.69, 9.17) is 4.42 Å². The Bertz CT molecular complexity index is 3710. The summed E-state index contributed by atoms with van der Waals surface area (Å²) in [5, 5.41) is 7.26. The van der Waals surface area contributed by atoms with E-state index in [1.54, 1.807) is 0 Å². The van der Waals surface area contributed by atoms with Crippen LogP contribution >= 0.6 is 0 Å². The van der Waals surface area contributed by atoms with Gasteiger partial charge in [-0.05, 0) is 117 Å². The van der Waals surface area contributed by atoms with Crippen LogP contribution in [0.1, 0.15) is 25.0 Å². The fraction of sp³-hybridized carbons (Fsp3) is 0.0526. The minimum Gasteiger partial charge on any atom is -0.456 e. The van der Waals surface area contributed by atoms with Crippen molar-refractivity contribution in [3.05, 3.63) is 205 Å². The normalized spacial score (nSPS) is 13.3. The van der Waals surface area contributed by atoms with Gasteiger partial charge >= 0.3 is 0 Å². The predicted molar refractivity (Wildman–Crippen MR) is 251 cm³/mol. The van der Waals surface area contributed by atoms with Gasteiger partial charge in [-0.1, -0.05) is 129 Å². The lowest BCUT2D eigenvalue weighted by molar-refractivity contribution is 0.661. The molecule has 0 unspecified atom stereocenters. The van der Waals surface area contributed by atoms with Gasteiger partial charge in [0.1, 0.15) is 11.2 Å². The number of hydrogen-bond donors (Lipinski definition) is 0. The van der Waals surface area contributed by atoms with E-state index < -0.39 is 0 Å². The first-order valence-electron chi connectivity index (χ1n) is 20.8. The lowest BCUT2D eigenvalue weighted by Crippen LogP contribution is -2.14. The van der Waals surface area contributed by atoms with Gasteiger partial charge in [-0.15, -0.1) is 0 Å². The number of fused-ring (bicyclic) bond motifs is 12. The number of hydrogen-bond acceptors (Lipinski definition) is 1. The maximum Gasteiger partial charge on any atom is 0.137 e. The second kappa shape index (κ2) is 12.2. The standard InChI is InChI=1S/C57H38N2O/c1-57(2)49-19-11-9-17-41(49)43-31-46-44-29-37(25-27-51(44)58(53(46)33-50(43)57)39-13-5-3-6-14-39)35-21-23-36(24-22-35)38-26-28-52-45(30-38)47-32-48-42-18-10-12-20-55(42)60-56(48)34-54(47)59(52)40-15-7-4-8-16-40/h3-34H,1-2H3. The van der Waals surface area contributed by atoms with Crippen LogP contribution in [0.25, 0.3) is 110 Å². The first kappa shape index (κ1) is 33.4. The maximum absolute atomic E-state index is 6.38. The van der Waals surface area contributed by atoms with Crippen LogP contribution in [0.2, 0.25) is 0 Å². The van der Waals surface area contributed by atoms with Gasteiger partial charge in [0.2, 0.25) is 0 Å². The maximum atomic E-state index is 6.38. The third-order valence-electron chi connectivity index (χ3n) is 13.3. The highest BCUT2D eigenvalue weighted by Gasteiger charge is 2.36. The molecule has 3 heterocycles. The second-order valence-corrected chi connectivity index (χ2v) is 16.9.